The first-order valence-electron chi connectivity index (χ1n) is 8.00. The quantitative estimate of drug-likeness (QED) is 0.604. The Morgan fingerprint density at radius 1 is 1.30 bits per heavy atom. The number of hydrogen-bond donors (Lipinski definition) is 2. The van der Waals surface area contributed by atoms with Gasteiger partial charge in [0.1, 0.15) is 6.10 Å². The molecule has 8 nitrogen and oxygen atoms in total. The van der Waals surface area contributed by atoms with E-state index in [1.165, 1.54) is 0 Å². The maximum atomic E-state index is 12.3. The highest BCUT2D eigenvalue weighted by Crippen LogP contribution is 2.44. The van der Waals surface area contributed by atoms with Crippen molar-refractivity contribution in [3.8, 4) is 5.88 Å². The molecule has 2 atom stereocenters. The van der Waals surface area contributed by atoms with Gasteiger partial charge in [-0.05, 0) is 81.4 Å². The van der Waals surface area contributed by atoms with Gasteiger partial charge in [-0.15, -0.1) is 4.91 Å². The second-order valence-corrected chi connectivity index (χ2v) is 10.2. The Bertz CT molecular complexity index is 830. The molecule has 0 unspecified atom stereocenters. The van der Waals surface area contributed by atoms with Gasteiger partial charge in [-0.25, -0.2) is 4.98 Å². The van der Waals surface area contributed by atoms with Crippen LogP contribution < -0.4 is 10.1 Å². The summed E-state index contributed by atoms with van der Waals surface area (Å²) in [6, 6.07) is 6.63. The molecular weight excluding hydrogens is 436 g/mol. The van der Waals surface area contributed by atoms with Gasteiger partial charge in [-0.1, -0.05) is 0 Å². The molecule has 0 bridgehead atoms. The van der Waals surface area contributed by atoms with Crippen molar-refractivity contribution >= 4 is 42.9 Å². The Balaban J connectivity index is 2.15. The molecule has 0 amide bonds. The van der Waals surface area contributed by atoms with E-state index in [9.17, 15) is 14.8 Å². The van der Waals surface area contributed by atoms with Crippen molar-refractivity contribution < 1.29 is 14.6 Å². The van der Waals surface area contributed by atoms with Crippen molar-refractivity contribution in [3.63, 3.8) is 0 Å². The molecule has 0 aliphatic rings. The van der Waals surface area contributed by atoms with Crippen molar-refractivity contribution in [1.82, 2.24) is 9.97 Å². The van der Waals surface area contributed by atoms with Gasteiger partial charge in [-0.2, -0.15) is 4.98 Å². The Kier molecular flexibility index (Phi) is 6.90. The number of carbonyl (C=O) groups excluding carboxylic acids is 1. The van der Waals surface area contributed by atoms with E-state index in [-0.39, 0.29) is 5.12 Å². The summed E-state index contributed by atoms with van der Waals surface area (Å²) in [6.07, 6.45) is 3.56. The highest BCUT2D eigenvalue weighted by molar-refractivity contribution is 9.10. The molecule has 0 aliphatic heterocycles. The Morgan fingerprint density at radius 3 is 2.48 bits per heavy atom. The van der Waals surface area contributed by atoms with E-state index >= 15 is 0 Å². The first-order valence-corrected chi connectivity index (χ1v) is 11.2. The molecule has 0 aliphatic carbocycles. The number of nitrogens with one attached hydrogen (secondary N) is 1. The number of aliphatic hydroxyl groups excluding tert-OH is 1. The second-order valence-electron chi connectivity index (χ2n) is 6.25. The zero-order valence-corrected chi connectivity index (χ0v) is 17.7. The number of aromatic nitrogens is 2. The van der Waals surface area contributed by atoms with Gasteiger partial charge in [0.05, 0.1) is 16.8 Å². The minimum Gasteiger partial charge on any atom is -0.471 e. The fourth-order valence-corrected chi connectivity index (χ4v) is 2.97. The third kappa shape index (κ3) is 5.47. The lowest BCUT2D eigenvalue weighted by atomic mass is 10.2. The molecule has 0 spiro atoms. The van der Waals surface area contributed by atoms with E-state index < -0.39 is 22.4 Å². The zero-order valence-electron chi connectivity index (χ0n) is 15.3. The summed E-state index contributed by atoms with van der Waals surface area (Å²) < 4.78 is 9.13. The molecular formula is C17H21BrN4O4S. The Hall–Kier alpha value is -2.04. The molecule has 1 aromatic carbocycles. The number of anilines is 2. The molecule has 2 aromatic rings. The normalized spacial score (nSPS) is 14.1. The smallest absolute Gasteiger partial charge is 0.233 e. The number of nitroso groups, excluding NO2 is 1. The van der Waals surface area contributed by atoms with Crippen molar-refractivity contribution in [1.29, 1.82) is 0 Å². The Labute approximate surface area is 167 Å². The van der Waals surface area contributed by atoms with E-state index in [1.54, 1.807) is 56.8 Å². The lowest BCUT2D eigenvalue weighted by molar-refractivity contribution is 0.0569. The predicted octanol–water partition coefficient (Wildman–Crippen LogP) is 4.02. The third-order valence-electron chi connectivity index (χ3n) is 3.71. The number of rotatable bonds is 7. The Morgan fingerprint density at radius 2 is 1.93 bits per heavy atom. The van der Waals surface area contributed by atoms with E-state index in [4.69, 9.17) is 4.74 Å². The van der Waals surface area contributed by atoms with Crippen LogP contribution in [0.5, 0.6) is 5.88 Å². The molecule has 0 saturated carbocycles. The number of carbonyl (C=O) groups is 1. The van der Waals surface area contributed by atoms with Crippen LogP contribution in [0.3, 0.4) is 0 Å². The van der Waals surface area contributed by atoms with E-state index in [0.717, 1.165) is 0 Å². The topological polar surface area (TPSA) is 114 Å². The molecule has 1 heterocycles. The zero-order chi connectivity index (χ0) is 20.2. The van der Waals surface area contributed by atoms with Gasteiger partial charge in [0, 0.05) is 11.3 Å². The monoisotopic (exact) mass is 456 g/mol. The first kappa shape index (κ1) is 21.3. The highest BCUT2D eigenvalue weighted by atomic mass is 79.9. The summed E-state index contributed by atoms with van der Waals surface area (Å²) in [4.78, 5) is 31.5. The van der Waals surface area contributed by atoms with Crippen LogP contribution in [-0.2, 0) is 0 Å². The largest absolute Gasteiger partial charge is 0.471 e. The molecule has 1 aromatic heterocycles. The van der Waals surface area contributed by atoms with Gasteiger partial charge >= 0.3 is 0 Å². The fraction of sp³-hybridized carbons (Fsp3) is 0.353. The molecule has 146 valence electrons. The van der Waals surface area contributed by atoms with Crippen LogP contribution >= 0.6 is 26.1 Å². The molecule has 2 N–H and O–H groups in total. The van der Waals surface area contributed by atoms with Crippen LogP contribution in [0.1, 0.15) is 24.2 Å². The summed E-state index contributed by atoms with van der Waals surface area (Å²) in [7, 11) is -2.21. The van der Waals surface area contributed by atoms with Crippen molar-refractivity contribution in [3.05, 3.63) is 45.4 Å². The molecule has 0 radical (unpaired) electrons. The lowest BCUT2D eigenvalue weighted by Crippen LogP contribution is -2.26. The van der Waals surface area contributed by atoms with Crippen LogP contribution in [0.25, 0.3) is 0 Å². The van der Waals surface area contributed by atoms with Crippen LogP contribution in [0.2, 0.25) is 0 Å². The maximum Gasteiger partial charge on any atom is 0.233 e. The number of ether oxygens (including phenoxy) is 1. The number of hydrogen-bond acceptors (Lipinski definition) is 8. The van der Waals surface area contributed by atoms with Gasteiger partial charge in [0.2, 0.25) is 16.9 Å². The first-order chi connectivity index (χ1) is 12.6. The molecule has 10 heteroatoms. The average Bonchev–Trinajstić information content (AvgIpc) is 2.64. The third-order valence-corrected chi connectivity index (χ3v) is 5.77. The van der Waals surface area contributed by atoms with Gasteiger partial charge in [0.25, 0.3) is 0 Å². The summed E-state index contributed by atoms with van der Waals surface area (Å²) in [5.41, 5.74) is 1.09. The van der Waals surface area contributed by atoms with Gasteiger partial charge in [0.15, 0.2) is 0 Å². The summed E-state index contributed by atoms with van der Waals surface area (Å²) in [6.45, 7) is 3.37. The number of halogens is 1. The van der Waals surface area contributed by atoms with Crippen LogP contribution in [0.4, 0.5) is 11.6 Å². The van der Waals surface area contributed by atoms with E-state index in [0.29, 0.717) is 27.6 Å². The average molecular weight is 457 g/mol. The van der Waals surface area contributed by atoms with Crippen molar-refractivity contribution in [2.75, 3.05) is 17.8 Å². The van der Waals surface area contributed by atoms with Crippen LogP contribution in [-0.4, -0.2) is 44.9 Å². The van der Waals surface area contributed by atoms with Crippen molar-refractivity contribution in [2.45, 2.75) is 26.1 Å². The number of nitrogens with zero attached hydrogens (tertiary/aromatic N) is 3. The summed E-state index contributed by atoms with van der Waals surface area (Å²) >= 11 is 3.32. The standard InChI is InChI=1S/C17H21BrN4O4S/c1-10(23)11(2)26-15-14(18)9-19-17(21-15)20-13-7-5-12(6-8-13)16(24)27(3,4)22-25/h5-11,23H,1-4H3,(H,19,20,21)/t10-,11-/m1/s1. The number of benzene rings is 1. The minimum absolute atomic E-state index is 0.272. The lowest BCUT2D eigenvalue weighted by Gasteiger charge is -2.19. The summed E-state index contributed by atoms with van der Waals surface area (Å²) in [5, 5.41) is 12.3. The molecule has 0 saturated heterocycles. The predicted molar refractivity (Wildman–Crippen MR) is 111 cm³/mol. The van der Waals surface area contributed by atoms with E-state index in [2.05, 4.69) is 35.8 Å². The van der Waals surface area contributed by atoms with Gasteiger partial charge in [-0.3, -0.25) is 4.79 Å². The van der Waals surface area contributed by atoms with E-state index in [1.807, 2.05) is 0 Å². The number of aliphatic hydroxyl groups is 1. The minimum atomic E-state index is -2.21. The van der Waals surface area contributed by atoms with Crippen LogP contribution in [0, 0.1) is 4.91 Å². The SMILES string of the molecule is C[C@@H](O)[C@@H](C)Oc1nc(Nc2ccc(C(=O)S(C)(C)N=O)cc2)ncc1Br. The second kappa shape index (κ2) is 8.77. The molecule has 27 heavy (non-hydrogen) atoms. The fourth-order valence-electron chi connectivity index (χ4n) is 1.91. The highest BCUT2D eigenvalue weighted by Gasteiger charge is 2.24. The maximum absolute atomic E-state index is 12.3. The molecule has 2 rings (SSSR count). The summed E-state index contributed by atoms with van der Waals surface area (Å²) in [5.74, 6) is 0.598. The molecule has 0 fully saturated rings. The van der Waals surface area contributed by atoms with Crippen molar-refractivity contribution in [2.24, 2.45) is 4.58 Å². The van der Waals surface area contributed by atoms with Crippen LogP contribution in [0.15, 0.2) is 39.5 Å². The van der Waals surface area contributed by atoms with Gasteiger partial charge < -0.3 is 15.2 Å².